The summed E-state index contributed by atoms with van der Waals surface area (Å²) >= 11 is 3.18. The lowest BCUT2D eigenvalue weighted by Gasteiger charge is -2.07. The van der Waals surface area contributed by atoms with Crippen molar-refractivity contribution in [3.8, 4) is 5.75 Å². The molecule has 2 aromatic carbocycles. The van der Waals surface area contributed by atoms with E-state index in [1.807, 2.05) is 24.3 Å². The number of rotatable bonds is 5. The van der Waals surface area contributed by atoms with Gasteiger partial charge in [-0.25, -0.2) is 4.39 Å². The highest BCUT2D eigenvalue weighted by atomic mass is 79.9. The molecule has 0 amide bonds. The van der Waals surface area contributed by atoms with Crippen LogP contribution in [0, 0.1) is 5.82 Å². The molecule has 0 bridgehead atoms. The molecule has 0 aliphatic carbocycles. The van der Waals surface area contributed by atoms with Crippen molar-refractivity contribution in [1.29, 1.82) is 0 Å². The topological polar surface area (TPSA) is 21.3 Å². The molecule has 0 heterocycles. The first-order valence-corrected chi connectivity index (χ1v) is 6.76. The Balaban J connectivity index is 1.86. The largest absolute Gasteiger partial charge is 0.497 e. The van der Waals surface area contributed by atoms with Crippen LogP contribution in [0.25, 0.3) is 0 Å². The van der Waals surface area contributed by atoms with Crippen LogP contribution in [0.4, 0.5) is 4.39 Å². The van der Waals surface area contributed by atoms with Gasteiger partial charge in [-0.2, -0.15) is 0 Å². The Morgan fingerprint density at radius 2 is 1.68 bits per heavy atom. The molecule has 0 fully saturated rings. The summed E-state index contributed by atoms with van der Waals surface area (Å²) in [4.78, 5) is 0. The molecule has 0 unspecified atom stereocenters. The van der Waals surface area contributed by atoms with Gasteiger partial charge in [-0.05, 0) is 51.3 Å². The highest BCUT2D eigenvalue weighted by molar-refractivity contribution is 9.10. The van der Waals surface area contributed by atoms with Crippen LogP contribution in [-0.4, -0.2) is 7.11 Å². The van der Waals surface area contributed by atoms with E-state index in [4.69, 9.17) is 4.74 Å². The lowest BCUT2D eigenvalue weighted by atomic mass is 10.2. The van der Waals surface area contributed by atoms with Gasteiger partial charge in [0.1, 0.15) is 11.6 Å². The van der Waals surface area contributed by atoms with Gasteiger partial charge in [0.15, 0.2) is 0 Å². The summed E-state index contributed by atoms with van der Waals surface area (Å²) in [6, 6.07) is 12.9. The molecule has 2 rings (SSSR count). The van der Waals surface area contributed by atoms with Gasteiger partial charge in [0.2, 0.25) is 0 Å². The highest BCUT2D eigenvalue weighted by Gasteiger charge is 2.00. The Hall–Kier alpha value is -1.39. The number of ether oxygens (including phenoxy) is 1. The predicted molar refractivity (Wildman–Crippen MR) is 77.6 cm³/mol. The summed E-state index contributed by atoms with van der Waals surface area (Å²) in [5, 5.41) is 3.32. The van der Waals surface area contributed by atoms with E-state index in [1.54, 1.807) is 19.2 Å². The first-order valence-electron chi connectivity index (χ1n) is 5.96. The summed E-state index contributed by atoms with van der Waals surface area (Å²) in [7, 11) is 1.65. The molecular formula is C15H15BrFNO. The maximum atomic E-state index is 13.1. The molecule has 2 aromatic rings. The zero-order valence-electron chi connectivity index (χ0n) is 10.6. The van der Waals surface area contributed by atoms with Crippen molar-refractivity contribution in [3.63, 3.8) is 0 Å². The lowest BCUT2D eigenvalue weighted by Crippen LogP contribution is -2.12. The summed E-state index contributed by atoms with van der Waals surface area (Å²) in [5.41, 5.74) is 2.23. The van der Waals surface area contributed by atoms with Gasteiger partial charge in [-0.1, -0.05) is 18.2 Å². The Morgan fingerprint density at radius 1 is 1.05 bits per heavy atom. The van der Waals surface area contributed by atoms with E-state index in [2.05, 4.69) is 21.2 Å². The first kappa shape index (κ1) is 14.0. The fraction of sp³-hybridized carbons (Fsp3) is 0.200. The molecule has 0 atom stereocenters. The minimum Gasteiger partial charge on any atom is -0.497 e. The molecule has 0 saturated heterocycles. The molecule has 100 valence electrons. The van der Waals surface area contributed by atoms with E-state index in [-0.39, 0.29) is 5.82 Å². The number of benzene rings is 2. The second-order valence-corrected chi connectivity index (χ2v) is 5.05. The third-order valence-electron chi connectivity index (χ3n) is 2.80. The third-order valence-corrected chi connectivity index (χ3v) is 3.41. The van der Waals surface area contributed by atoms with Crippen molar-refractivity contribution in [3.05, 3.63) is 63.9 Å². The molecule has 0 radical (unpaired) electrons. The number of hydrogen-bond donors (Lipinski definition) is 1. The average Bonchev–Trinajstić information content (AvgIpc) is 2.43. The summed E-state index contributed by atoms with van der Waals surface area (Å²) in [5.74, 6) is 0.616. The fourth-order valence-corrected chi connectivity index (χ4v) is 2.17. The van der Waals surface area contributed by atoms with Gasteiger partial charge in [-0.15, -0.1) is 0 Å². The van der Waals surface area contributed by atoms with Gasteiger partial charge >= 0.3 is 0 Å². The van der Waals surface area contributed by atoms with E-state index >= 15 is 0 Å². The van der Waals surface area contributed by atoms with Crippen LogP contribution in [-0.2, 0) is 13.1 Å². The van der Waals surface area contributed by atoms with Crippen molar-refractivity contribution in [2.75, 3.05) is 7.11 Å². The van der Waals surface area contributed by atoms with E-state index in [9.17, 15) is 4.39 Å². The van der Waals surface area contributed by atoms with E-state index < -0.39 is 0 Å². The summed E-state index contributed by atoms with van der Waals surface area (Å²) < 4.78 is 18.7. The van der Waals surface area contributed by atoms with Gasteiger partial charge in [0.05, 0.1) is 11.6 Å². The average molecular weight is 324 g/mol. The molecule has 2 nitrogen and oxygen atoms in total. The quantitative estimate of drug-likeness (QED) is 0.901. The number of nitrogens with one attached hydrogen (secondary N) is 1. The summed E-state index contributed by atoms with van der Waals surface area (Å²) in [6.45, 7) is 1.46. The van der Waals surface area contributed by atoms with Crippen LogP contribution in [0.5, 0.6) is 5.75 Å². The van der Waals surface area contributed by atoms with Crippen LogP contribution in [0.2, 0.25) is 0 Å². The minimum absolute atomic E-state index is 0.237. The highest BCUT2D eigenvalue weighted by Crippen LogP contribution is 2.17. The predicted octanol–water partition coefficient (Wildman–Crippen LogP) is 3.89. The normalized spacial score (nSPS) is 10.5. The maximum Gasteiger partial charge on any atom is 0.137 e. The van der Waals surface area contributed by atoms with Crippen LogP contribution >= 0.6 is 15.9 Å². The van der Waals surface area contributed by atoms with E-state index in [1.165, 1.54) is 11.6 Å². The van der Waals surface area contributed by atoms with Crippen LogP contribution in [0.3, 0.4) is 0 Å². The first-order chi connectivity index (χ1) is 9.19. The number of hydrogen-bond acceptors (Lipinski definition) is 2. The van der Waals surface area contributed by atoms with Crippen molar-refractivity contribution in [2.24, 2.45) is 0 Å². The van der Waals surface area contributed by atoms with Gasteiger partial charge in [0, 0.05) is 13.1 Å². The van der Waals surface area contributed by atoms with Crippen molar-refractivity contribution >= 4 is 15.9 Å². The Morgan fingerprint density at radius 3 is 2.32 bits per heavy atom. The minimum atomic E-state index is -0.237. The molecule has 0 saturated carbocycles. The van der Waals surface area contributed by atoms with E-state index in [0.717, 1.165) is 17.9 Å². The second-order valence-electron chi connectivity index (χ2n) is 4.20. The van der Waals surface area contributed by atoms with Crippen LogP contribution in [0.1, 0.15) is 11.1 Å². The van der Waals surface area contributed by atoms with Gasteiger partial charge < -0.3 is 10.1 Å². The molecule has 4 heteroatoms. The molecule has 0 aliphatic heterocycles. The lowest BCUT2D eigenvalue weighted by molar-refractivity contribution is 0.414. The Bertz CT molecular complexity index is 542. The van der Waals surface area contributed by atoms with Gasteiger partial charge in [0.25, 0.3) is 0 Å². The standard InChI is InChI=1S/C15H15BrFNO/c1-19-13-5-2-11(3-6-13)9-18-10-12-4-7-15(17)14(16)8-12/h2-8,18H,9-10H2,1H3. The monoisotopic (exact) mass is 323 g/mol. The maximum absolute atomic E-state index is 13.1. The van der Waals surface area contributed by atoms with Crippen molar-refractivity contribution in [2.45, 2.75) is 13.1 Å². The molecule has 0 aromatic heterocycles. The van der Waals surface area contributed by atoms with Crippen LogP contribution in [0.15, 0.2) is 46.9 Å². The van der Waals surface area contributed by atoms with Gasteiger partial charge in [-0.3, -0.25) is 0 Å². The Labute approximate surface area is 120 Å². The zero-order valence-corrected chi connectivity index (χ0v) is 12.2. The second kappa shape index (κ2) is 6.68. The van der Waals surface area contributed by atoms with E-state index in [0.29, 0.717) is 11.0 Å². The summed E-state index contributed by atoms with van der Waals surface area (Å²) in [6.07, 6.45) is 0. The number of halogens is 2. The molecular weight excluding hydrogens is 309 g/mol. The molecule has 19 heavy (non-hydrogen) atoms. The zero-order chi connectivity index (χ0) is 13.7. The Kier molecular flexibility index (Phi) is 4.93. The van der Waals surface area contributed by atoms with Crippen LogP contribution < -0.4 is 10.1 Å². The fourth-order valence-electron chi connectivity index (χ4n) is 1.74. The SMILES string of the molecule is COc1ccc(CNCc2ccc(F)c(Br)c2)cc1. The van der Waals surface area contributed by atoms with Crippen molar-refractivity contribution < 1.29 is 9.13 Å². The molecule has 0 spiro atoms. The molecule has 0 aliphatic rings. The van der Waals surface area contributed by atoms with Crippen molar-refractivity contribution in [1.82, 2.24) is 5.32 Å². The smallest absolute Gasteiger partial charge is 0.137 e. The number of methoxy groups -OCH3 is 1. The third kappa shape index (κ3) is 4.04. The molecule has 1 N–H and O–H groups in total.